The maximum Gasteiger partial charge on any atom is 0.361 e. The Morgan fingerprint density at radius 3 is 2.95 bits per heavy atom. The Kier molecular flexibility index (Phi) is 3.94. The van der Waals surface area contributed by atoms with E-state index in [1.165, 1.54) is 12.8 Å². The first kappa shape index (κ1) is 13.7. The fraction of sp³-hybridized carbons (Fsp3) is 0.467. The van der Waals surface area contributed by atoms with Gasteiger partial charge in [0.2, 0.25) is 0 Å². The molecule has 0 unspecified atom stereocenters. The van der Waals surface area contributed by atoms with E-state index in [-0.39, 0.29) is 5.69 Å². The number of rotatable bonds is 6. The molecule has 6 heteroatoms. The van der Waals surface area contributed by atoms with E-state index in [4.69, 9.17) is 4.74 Å². The molecule has 21 heavy (non-hydrogen) atoms. The minimum absolute atomic E-state index is 0.242. The van der Waals surface area contributed by atoms with Crippen LogP contribution >= 0.6 is 0 Å². The second-order valence-electron chi connectivity index (χ2n) is 5.18. The lowest BCUT2D eigenvalue weighted by Crippen LogP contribution is -2.09. The Balaban J connectivity index is 1.94. The third-order valence-electron chi connectivity index (χ3n) is 3.56. The molecule has 1 saturated carbocycles. The first-order chi connectivity index (χ1) is 10.3. The Labute approximate surface area is 123 Å². The molecule has 1 aliphatic carbocycles. The summed E-state index contributed by atoms with van der Waals surface area (Å²) >= 11 is 0. The zero-order chi connectivity index (χ0) is 14.7. The second-order valence-corrected chi connectivity index (χ2v) is 5.18. The van der Waals surface area contributed by atoms with Gasteiger partial charge in [0, 0.05) is 12.7 Å². The summed E-state index contributed by atoms with van der Waals surface area (Å²) in [6, 6.07) is 5.58. The molecule has 1 aliphatic rings. The van der Waals surface area contributed by atoms with Crippen molar-refractivity contribution in [2.24, 2.45) is 5.92 Å². The van der Waals surface area contributed by atoms with Gasteiger partial charge in [-0.25, -0.2) is 9.48 Å². The van der Waals surface area contributed by atoms with Gasteiger partial charge < -0.3 is 4.74 Å². The van der Waals surface area contributed by atoms with Crippen LogP contribution in [0.4, 0.5) is 0 Å². The molecule has 3 rings (SSSR count). The van der Waals surface area contributed by atoms with Crippen LogP contribution in [-0.2, 0) is 11.3 Å². The summed E-state index contributed by atoms with van der Waals surface area (Å²) in [6.07, 6.45) is 5.34. The summed E-state index contributed by atoms with van der Waals surface area (Å²) in [5.41, 5.74) is 1.59. The normalized spacial score (nSPS) is 14.1. The molecule has 0 N–H and O–H groups in total. The van der Waals surface area contributed by atoms with E-state index >= 15 is 0 Å². The molecular weight excluding hydrogens is 268 g/mol. The van der Waals surface area contributed by atoms with Crippen LogP contribution in [0.5, 0.6) is 0 Å². The molecule has 0 amide bonds. The number of pyridine rings is 1. The summed E-state index contributed by atoms with van der Waals surface area (Å²) in [7, 11) is 0. The highest BCUT2D eigenvalue weighted by molar-refractivity contribution is 5.93. The van der Waals surface area contributed by atoms with Crippen LogP contribution in [0.25, 0.3) is 11.4 Å². The highest BCUT2D eigenvalue weighted by Gasteiger charge is 2.25. The third-order valence-corrected chi connectivity index (χ3v) is 3.56. The quantitative estimate of drug-likeness (QED) is 0.762. The summed E-state index contributed by atoms with van der Waals surface area (Å²) in [4.78, 5) is 16.4. The summed E-state index contributed by atoms with van der Waals surface area (Å²) in [5, 5.41) is 8.13. The average Bonchev–Trinajstić information content (AvgIpc) is 3.24. The smallest absolute Gasteiger partial charge is 0.361 e. The van der Waals surface area contributed by atoms with Crippen LogP contribution in [0, 0.1) is 5.92 Å². The van der Waals surface area contributed by atoms with Gasteiger partial charge in [-0.1, -0.05) is 24.1 Å². The van der Waals surface area contributed by atoms with Crippen molar-refractivity contribution in [2.45, 2.75) is 32.7 Å². The number of aryl methyl sites for hydroxylation is 1. The topological polar surface area (TPSA) is 69.9 Å². The van der Waals surface area contributed by atoms with Gasteiger partial charge in [-0.15, -0.1) is 5.10 Å². The predicted molar refractivity (Wildman–Crippen MR) is 76.6 cm³/mol. The number of carbonyl (C=O) groups is 1. The summed E-state index contributed by atoms with van der Waals surface area (Å²) in [5.74, 6) is 0.340. The molecule has 0 bridgehead atoms. The van der Waals surface area contributed by atoms with E-state index in [0.717, 1.165) is 18.9 Å². The minimum Gasteiger partial charge on any atom is -0.461 e. The van der Waals surface area contributed by atoms with E-state index in [9.17, 15) is 4.79 Å². The predicted octanol–water partition coefficient (Wildman–Crippen LogP) is 2.32. The summed E-state index contributed by atoms with van der Waals surface area (Å²) < 4.78 is 6.83. The van der Waals surface area contributed by atoms with Crippen molar-refractivity contribution in [1.82, 2.24) is 20.0 Å². The van der Waals surface area contributed by atoms with Crippen molar-refractivity contribution in [3.63, 3.8) is 0 Å². The fourth-order valence-electron chi connectivity index (χ4n) is 2.27. The van der Waals surface area contributed by atoms with Crippen LogP contribution in [0.3, 0.4) is 0 Å². The number of nitrogens with zero attached hydrogens (tertiary/aromatic N) is 4. The zero-order valence-corrected chi connectivity index (χ0v) is 12.0. The largest absolute Gasteiger partial charge is 0.461 e. The summed E-state index contributed by atoms with van der Waals surface area (Å²) in [6.45, 7) is 2.84. The molecule has 6 nitrogen and oxygen atoms in total. The molecule has 0 aromatic carbocycles. The van der Waals surface area contributed by atoms with Gasteiger partial charge in [-0.3, -0.25) is 4.98 Å². The SMILES string of the molecule is CCOC(=O)c1nnn(CCC2CC2)c1-c1ccccn1. The van der Waals surface area contributed by atoms with Crippen molar-refractivity contribution < 1.29 is 9.53 Å². The maximum absolute atomic E-state index is 12.0. The van der Waals surface area contributed by atoms with Crippen LogP contribution in [0.1, 0.15) is 36.7 Å². The molecule has 0 spiro atoms. The molecule has 0 saturated heterocycles. The molecule has 0 aliphatic heterocycles. The molecule has 2 heterocycles. The van der Waals surface area contributed by atoms with Crippen molar-refractivity contribution >= 4 is 5.97 Å². The van der Waals surface area contributed by atoms with Crippen LogP contribution in [0.15, 0.2) is 24.4 Å². The Bertz CT molecular complexity index is 620. The molecule has 110 valence electrons. The van der Waals surface area contributed by atoms with E-state index in [1.54, 1.807) is 17.8 Å². The molecular formula is C15H18N4O2. The number of hydrogen-bond donors (Lipinski definition) is 0. The number of carbonyl (C=O) groups excluding carboxylic acids is 1. The Morgan fingerprint density at radius 1 is 1.43 bits per heavy atom. The molecule has 2 aromatic rings. The van der Waals surface area contributed by atoms with E-state index in [2.05, 4.69) is 15.3 Å². The van der Waals surface area contributed by atoms with E-state index < -0.39 is 5.97 Å². The van der Waals surface area contributed by atoms with Gasteiger partial charge in [-0.05, 0) is 31.4 Å². The van der Waals surface area contributed by atoms with Crippen LogP contribution < -0.4 is 0 Å². The Morgan fingerprint density at radius 2 is 2.29 bits per heavy atom. The lowest BCUT2D eigenvalue weighted by molar-refractivity contribution is 0.0520. The Hall–Kier alpha value is -2.24. The van der Waals surface area contributed by atoms with Crippen molar-refractivity contribution in [3.8, 4) is 11.4 Å². The van der Waals surface area contributed by atoms with E-state index in [1.807, 2.05) is 18.2 Å². The number of esters is 1. The number of aromatic nitrogens is 4. The standard InChI is InChI=1S/C15H18N4O2/c1-2-21-15(20)13-14(12-5-3-4-9-16-12)19(18-17-13)10-8-11-6-7-11/h3-5,9,11H,2,6-8,10H2,1H3. The average molecular weight is 286 g/mol. The molecule has 0 radical (unpaired) electrons. The second kappa shape index (κ2) is 6.03. The van der Waals surface area contributed by atoms with Crippen molar-refractivity contribution in [1.29, 1.82) is 0 Å². The van der Waals surface area contributed by atoms with Crippen molar-refractivity contribution in [3.05, 3.63) is 30.1 Å². The van der Waals surface area contributed by atoms with Gasteiger partial charge in [0.05, 0.1) is 12.3 Å². The minimum atomic E-state index is -0.448. The molecule has 1 fully saturated rings. The van der Waals surface area contributed by atoms with E-state index in [0.29, 0.717) is 18.0 Å². The van der Waals surface area contributed by atoms with Gasteiger partial charge in [0.15, 0.2) is 5.69 Å². The monoisotopic (exact) mass is 286 g/mol. The maximum atomic E-state index is 12.0. The zero-order valence-electron chi connectivity index (χ0n) is 12.0. The van der Waals surface area contributed by atoms with Gasteiger partial charge in [0.1, 0.15) is 5.69 Å². The molecule has 2 aromatic heterocycles. The number of hydrogen-bond acceptors (Lipinski definition) is 5. The molecule has 0 atom stereocenters. The lowest BCUT2D eigenvalue weighted by atomic mass is 10.2. The first-order valence-electron chi connectivity index (χ1n) is 7.31. The van der Waals surface area contributed by atoms with Crippen LogP contribution in [-0.4, -0.2) is 32.6 Å². The van der Waals surface area contributed by atoms with Gasteiger partial charge in [-0.2, -0.15) is 0 Å². The van der Waals surface area contributed by atoms with Crippen molar-refractivity contribution in [2.75, 3.05) is 6.61 Å². The van der Waals surface area contributed by atoms with Crippen LogP contribution in [0.2, 0.25) is 0 Å². The highest BCUT2D eigenvalue weighted by Crippen LogP contribution is 2.33. The first-order valence-corrected chi connectivity index (χ1v) is 7.31. The van der Waals surface area contributed by atoms with Gasteiger partial charge in [0.25, 0.3) is 0 Å². The third kappa shape index (κ3) is 3.09. The van der Waals surface area contributed by atoms with Gasteiger partial charge >= 0.3 is 5.97 Å². The highest BCUT2D eigenvalue weighted by atomic mass is 16.5. The number of ether oxygens (including phenoxy) is 1. The lowest BCUT2D eigenvalue weighted by Gasteiger charge is -2.07. The fourth-order valence-corrected chi connectivity index (χ4v) is 2.27.